The second-order valence-electron chi connectivity index (χ2n) is 6.81. The highest BCUT2D eigenvalue weighted by Crippen LogP contribution is 2.53. The van der Waals surface area contributed by atoms with E-state index in [0.717, 1.165) is 37.3 Å². The molecule has 1 aliphatic heterocycles. The van der Waals surface area contributed by atoms with E-state index in [2.05, 4.69) is 29.5 Å². The van der Waals surface area contributed by atoms with Gasteiger partial charge in [0.1, 0.15) is 13.5 Å². The van der Waals surface area contributed by atoms with Gasteiger partial charge in [0.25, 0.3) is 0 Å². The first-order chi connectivity index (χ1) is 9.96. The predicted molar refractivity (Wildman–Crippen MR) is 87.2 cm³/mol. The first-order valence-corrected chi connectivity index (χ1v) is 7.45. The van der Waals surface area contributed by atoms with Crippen LogP contribution in [0.4, 0.5) is 5.69 Å². The molecule has 0 radical (unpaired) electrons. The average Bonchev–Trinajstić information content (AvgIpc) is 2.86. The minimum atomic E-state index is -0.0496. The van der Waals surface area contributed by atoms with E-state index in [9.17, 15) is 4.91 Å². The molecule has 1 aliphatic carbocycles. The smallest absolute Gasteiger partial charge is 0.126 e. The lowest BCUT2D eigenvalue weighted by Gasteiger charge is -2.32. The summed E-state index contributed by atoms with van der Waals surface area (Å²) in [6.07, 6.45) is 5.05. The highest BCUT2D eigenvalue weighted by Gasteiger charge is 2.54. The van der Waals surface area contributed by atoms with Gasteiger partial charge in [0, 0.05) is 18.6 Å². The maximum Gasteiger partial charge on any atom is 0.126 e. The highest BCUT2D eigenvalue weighted by molar-refractivity contribution is 6.17. The van der Waals surface area contributed by atoms with Crippen molar-refractivity contribution in [1.82, 2.24) is 9.88 Å². The molecule has 0 unspecified atom stereocenters. The molecule has 3 rings (SSSR count). The lowest BCUT2D eigenvalue weighted by atomic mass is 9.60. The second-order valence-corrected chi connectivity index (χ2v) is 6.81. The number of likely N-dealkylation sites (tertiary alicyclic amines) is 1. The van der Waals surface area contributed by atoms with Crippen LogP contribution in [0.25, 0.3) is 5.57 Å². The number of pyridine rings is 1. The summed E-state index contributed by atoms with van der Waals surface area (Å²) in [6, 6.07) is 3.47. The minimum Gasteiger partial charge on any atom is -0.324 e. The number of nitrogens with zero attached hydrogens (tertiary/aromatic N) is 3. The topological polar surface area (TPSA) is 71.6 Å². The fourth-order valence-corrected chi connectivity index (χ4v) is 3.91. The Hall–Kier alpha value is -1.53. The van der Waals surface area contributed by atoms with Crippen molar-refractivity contribution in [1.29, 1.82) is 0 Å². The molecule has 1 saturated heterocycles. The minimum absolute atomic E-state index is 0.0496. The summed E-state index contributed by atoms with van der Waals surface area (Å²) in [7, 11) is 2.31. The Balaban J connectivity index is 1.67. The fourth-order valence-electron chi connectivity index (χ4n) is 3.91. The van der Waals surface area contributed by atoms with Gasteiger partial charge in [-0.1, -0.05) is 19.4 Å². The van der Waals surface area contributed by atoms with Crippen molar-refractivity contribution in [2.45, 2.75) is 30.1 Å². The van der Waals surface area contributed by atoms with Gasteiger partial charge in [0.2, 0.25) is 0 Å². The highest BCUT2D eigenvalue weighted by atomic mass is 16.3. The van der Waals surface area contributed by atoms with Gasteiger partial charge in [-0.15, -0.1) is 4.91 Å². The Morgan fingerprint density at radius 2 is 2.29 bits per heavy atom. The Bertz CT molecular complexity index is 558. The third-order valence-electron chi connectivity index (χ3n) is 5.26. The van der Waals surface area contributed by atoms with Gasteiger partial charge < -0.3 is 5.73 Å². The van der Waals surface area contributed by atoms with Crippen LogP contribution < -0.4 is 5.73 Å². The molecule has 0 bridgehead atoms. The molecule has 1 saturated carbocycles. The van der Waals surface area contributed by atoms with Gasteiger partial charge in [-0.2, -0.15) is 0 Å². The number of hydrogen-bond donors (Lipinski definition) is 1. The zero-order valence-corrected chi connectivity index (χ0v) is 12.5. The van der Waals surface area contributed by atoms with E-state index >= 15 is 0 Å². The number of hydrogen-bond acceptors (Lipinski definition) is 5. The number of nitrogens with two attached hydrogens (primary N) is 1. The molecule has 0 spiro atoms. The van der Waals surface area contributed by atoms with Gasteiger partial charge in [-0.25, -0.2) is 0 Å². The molecule has 5 nitrogen and oxygen atoms in total. The molecule has 1 aromatic rings. The third kappa shape index (κ3) is 2.42. The maximum absolute atomic E-state index is 10.4. The van der Waals surface area contributed by atoms with E-state index in [-0.39, 0.29) is 10.9 Å². The summed E-state index contributed by atoms with van der Waals surface area (Å²) in [5.74, 6) is 0. The Kier molecular flexibility index (Phi) is 3.46. The van der Waals surface area contributed by atoms with Crippen molar-refractivity contribution in [2.24, 2.45) is 10.9 Å². The molecular formula is C15H21BN4O. The van der Waals surface area contributed by atoms with Gasteiger partial charge in [-0.3, -0.25) is 9.88 Å². The Morgan fingerprint density at radius 1 is 1.48 bits per heavy atom. The molecular weight excluding hydrogens is 263 g/mol. The molecule has 0 amide bonds. The van der Waals surface area contributed by atoms with Crippen molar-refractivity contribution < 1.29 is 0 Å². The van der Waals surface area contributed by atoms with Crippen LogP contribution >= 0.6 is 0 Å². The molecule has 1 aromatic heterocycles. The van der Waals surface area contributed by atoms with E-state index in [0.29, 0.717) is 5.69 Å². The van der Waals surface area contributed by atoms with Gasteiger partial charge in [0.05, 0.1) is 11.9 Å². The Labute approximate surface area is 126 Å². The zero-order valence-electron chi connectivity index (χ0n) is 12.5. The van der Waals surface area contributed by atoms with Crippen LogP contribution in [0.1, 0.15) is 25.0 Å². The third-order valence-corrected chi connectivity index (χ3v) is 5.26. The van der Waals surface area contributed by atoms with E-state index in [1.54, 1.807) is 12.1 Å². The molecule has 2 atom stereocenters. The molecule has 2 aliphatic rings. The maximum atomic E-state index is 10.4. The number of fused-ring (bicyclic) bond motifs is 1. The molecule has 21 heavy (non-hydrogen) atoms. The van der Waals surface area contributed by atoms with Crippen molar-refractivity contribution in [3.8, 4) is 0 Å². The van der Waals surface area contributed by atoms with E-state index in [4.69, 9.17) is 5.73 Å². The number of nitroso groups, excluding NO2 is 1. The summed E-state index contributed by atoms with van der Waals surface area (Å²) in [4.78, 5) is 17.0. The lowest BCUT2D eigenvalue weighted by molar-refractivity contribution is 0.336. The van der Waals surface area contributed by atoms with E-state index in [1.807, 2.05) is 0 Å². The second kappa shape index (κ2) is 5.03. The normalized spacial score (nSPS) is 32.0. The summed E-state index contributed by atoms with van der Waals surface area (Å²) >= 11 is 0. The predicted octanol–water partition coefficient (Wildman–Crippen LogP) is 1.48. The van der Waals surface area contributed by atoms with Crippen LogP contribution in [0, 0.1) is 4.91 Å². The van der Waals surface area contributed by atoms with Crippen molar-refractivity contribution in [2.75, 3.05) is 19.6 Å². The Morgan fingerprint density at radius 3 is 2.90 bits per heavy atom. The summed E-state index contributed by atoms with van der Waals surface area (Å²) in [5.41, 5.74) is 8.67. The van der Waals surface area contributed by atoms with E-state index < -0.39 is 0 Å². The van der Waals surface area contributed by atoms with Crippen molar-refractivity contribution in [3.63, 3.8) is 0 Å². The van der Waals surface area contributed by atoms with Crippen molar-refractivity contribution >= 4 is 19.1 Å². The monoisotopic (exact) mass is 284 g/mol. The molecule has 110 valence electrons. The van der Waals surface area contributed by atoms with Gasteiger partial charge in [-0.05, 0) is 41.2 Å². The first-order valence-electron chi connectivity index (χ1n) is 7.45. The molecule has 2 fully saturated rings. The average molecular weight is 284 g/mol. The quantitative estimate of drug-likeness (QED) is 0.671. The fraction of sp³-hybridized carbons (Fsp3) is 0.533. The van der Waals surface area contributed by atoms with Crippen LogP contribution in [0.3, 0.4) is 0 Å². The lowest BCUT2D eigenvalue weighted by Crippen LogP contribution is -2.47. The summed E-state index contributed by atoms with van der Waals surface area (Å²) in [6.45, 7) is 6.85. The molecule has 0 aromatic carbocycles. The number of rotatable bonds is 4. The van der Waals surface area contributed by atoms with Crippen LogP contribution in [0.2, 0.25) is 5.31 Å². The molecule has 6 heteroatoms. The standard InChI is InChI=1S/C15H21BN4O/c1-11(13-4-3-12(19-21)7-18-13)8-20-9-14(16)5-2-6-15(14,17)10-20/h3-4,7H,1-2,5-6,8-10,16-17H2/t14-,15+/m1/s1. The van der Waals surface area contributed by atoms with Crippen LogP contribution in [-0.2, 0) is 0 Å². The molecule has 2 heterocycles. The van der Waals surface area contributed by atoms with Crippen LogP contribution in [0.5, 0.6) is 0 Å². The first kappa shape index (κ1) is 14.4. The van der Waals surface area contributed by atoms with Crippen molar-refractivity contribution in [3.05, 3.63) is 35.5 Å². The summed E-state index contributed by atoms with van der Waals surface area (Å²) in [5, 5.41) is 3.09. The van der Waals surface area contributed by atoms with Gasteiger partial charge >= 0.3 is 0 Å². The zero-order chi connectivity index (χ0) is 15.1. The molecule has 2 N–H and O–H groups in total. The van der Waals surface area contributed by atoms with Crippen LogP contribution in [0.15, 0.2) is 30.1 Å². The SMILES string of the molecule is B[C@@]12CCC[C@]1(N)CN(CC(=C)c1ccc(N=O)cn1)C2. The van der Waals surface area contributed by atoms with Crippen LogP contribution in [-0.4, -0.2) is 42.9 Å². The largest absolute Gasteiger partial charge is 0.324 e. The van der Waals surface area contributed by atoms with E-state index in [1.165, 1.54) is 19.0 Å². The number of aromatic nitrogens is 1. The van der Waals surface area contributed by atoms with Gasteiger partial charge in [0.15, 0.2) is 0 Å². The summed E-state index contributed by atoms with van der Waals surface area (Å²) < 4.78 is 0.